The van der Waals surface area contributed by atoms with Crippen molar-refractivity contribution in [3.8, 4) is 0 Å². The van der Waals surface area contributed by atoms with Gasteiger partial charge in [-0.2, -0.15) is 0 Å². The summed E-state index contributed by atoms with van der Waals surface area (Å²) in [5, 5.41) is 3.31. The number of likely N-dealkylation sites (tertiary alicyclic amines) is 1. The van der Waals surface area contributed by atoms with Gasteiger partial charge >= 0.3 is 0 Å². The molecule has 0 aliphatic carbocycles. The Labute approximate surface area is 193 Å². The van der Waals surface area contributed by atoms with E-state index < -0.39 is 0 Å². The van der Waals surface area contributed by atoms with E-state index in [0.717, 1.165) is 53.5 Å². The van der Waals surface area contributed by atoms with Crippen molar-refractivity contribution < 1.29 is 42.0 Å². The number of rotatable bonds is 8. The SMILES string of the molecule is CCCCC(C(=O)Nc1c(C)cccc1C)[N+]1(CCC)CCCCC1.[CH3-].[Y]. The first kappa shape index (κ1) is 26.8. The summed E-state index contributed by atoms with van der Waals surface area (Å²) in [6, 6.07) is 6.33. The van der Waals surface area contributed by atoms with Crippen LogP contribution in [0.15, 0.2) is 18.2 Å². The molecule has 1 radical (unpaired) electrons. The molecule has 151 valence electrons. The molecular weight excluding hydrogens is 409 g/mol. The predicted octanol–water partition coefficient (Wildman–Crippen LogP) is 5.66. The van der Waals surface area contributed by atoms with Crippen molar-refractivity contribution in [3.63, 3.8) is 0 Å². The summed E-state index contributed by atoms with van der Waals surface area (Å²) in [5.74, 6) is 0.237. The molecule has 0 aromatic heterocycles. The van der Waals surface area contributed by atoms with Gasteiger partial charge in [0.05, 0.1) is 19.6 Å². The fraction of sp³-hybridized carbons (Fsp3) is 0.652. The maximum atomic E-state index is 13.4. The van der Waals surface area contributed by atoms with E-state index >= 15 is 0 Å². The monoisotopic (exact) mass is 449 g/mol. The van der Waals surface area contributed by atoms with Crippen LogP contribution in [0.2, 0.25) is 0 Å². The van der Waals surface area contributed by atoms with E-state index in [9.17, 15) is 4.79 Å². The van der Waals surface area contributed by atoms with E-state index in [4.69, 9.17) is 0 Å². The van der Waals surface area contributed by atoms with Crippen LogP contribution < -0.4 is 5.32 Å². The second-order valence-corrected chi connectivity index (χ2v) is 7.86. The number of para-hydroxylation sites is 1. The molecular formula is C23H40N2OY. The second kappa shape index (κ2) is 13.1. The Bertz CT molecular complexity index is 542. The fourth-order valence-corrected chi connectivity index (χ4v) is 4.55. The van der Waals surface area contributed by atoms with E-state index in [1.165, 1.54) is 32.4 Å². The van der Waals surface area contributed by atoms with Crippen molar-refractivity contribution in [1.29, 1.82) is 0 Å². The molecule has 0 bridgehead atoms. The molecule has 27 heavy (non-hydrogen) atoms. The number of benzene rings is 1. The summed E-state index contributed by atoms with van der Waals surface area (Å²) in [4.78, 5) is 13.4. The Hall–Kier alpha value is -0.246. The number of piperidine rings is 1. The van der Waals surface area contributed by atoms with E-state index in [1.807, 2.05) is 0 Å². The number of hydrogen-bond acceptors (Lipinski definition) is 1. The van der Waals surface area contributed by atoms with Gasteiger partial charge in [0, 0.05) is 44.8 Å². The molecule has 1 N–H and O–H groups in total. The molecule has 2 rings (SSSR count). The zero-order valence-electron chi connectivity index (χ0n) is 18.3. The summed E-state index contributed by atoms with van der Waals surface area (Å²) < 4.78 is 1.01. The number of anilines is 1. The molecule has 1 aliphatic rings. The molecule has 1 aliphatic heterocycles. The predicted molar refractivity (Wildman–Crippen MR) is 113 cm³/mol. The number of nitrogens with zero attached hydrogens (tertiary/aromatic N) is 1. The van der Waals surface area contributed by atoms with Crippen molar-refractivity contribution in [2.75, 3.05) is 25.0 Å². The number of hydrogen-bond donors (Lipinski definition) is 1. The maximum Gasteiger partial charge on any atom is 0.282 e. The number of carbonyl (C=O) groups is 1. The van der Waals surface area contributed by atoms with E-state index in [1.54, 1.807) is 0 Å². The second-order valence-electron chi connectivity index (χ2n) is 7.86. The average molecular weight is 449 g/mol. The zero-order chi connectivity index (χ0) is 18.3. The van der Waals surface area contributed by atoms with Gasteiger partial charge in [-0.3, -0.25) is 4.79 Å². The summed E-state index contributed by atoms with van der Waals surface area (Å²) in [6.45, 7) is 12.1. The third-order valence-corrected chi connectivity index (χ3v) is 5.90. The number of nitrogens with one attached hydrogen (secondary N) is 1. The fourth-order valence-electron chi connectivity index (χ4n) is 4.55. The summed E-state index contributed by atoms with van der Waals surface area (Å²) in [6.07, 6.45) is 8.29. The van der Waals surface area contributed by atoms with Gasteiger partial charge in [-0.1, -0.05) is 38.5 Å². The van der Waals surface area contributed by atoms with Crippen LogP contribution in [0.4, 0.5) is 5.69 Å². The van der Waals surface area contributed by atoms with Gasteiger partial charge in [0.1, 0.15) is 0 Å². The number of aryl methyl sites for hydroxylation is 2. The van der Waals surface area contributed by atoms with Crippen LogP contribution in [0.3, 0.4) is 0 Å². The van der Waals surface area contributed by atoms with Gasteiger partial charge in [0.2, 0.25) is 0 Å². The Balaban J connectivity index is 0.00000338. The van der Waals surface area contributed by atoms with Gasteiger partial charge in [0.25, 0.3) is 5.91 Å². The van der Waals surface area contributed by atoms with E-state index in [2.05, 4.69) is 51.2 Å². The van der Waals surface area contributed by atoms with Gasteiger partial charge in [-0.05, 0) is 57.1 Å². The molecule has 1 atom stereocenters. The molecule has 1 aromatic carbocycles. The van der Waals surface area contributed by atoms with E-state index in [-0.39, 0.29) is 52.1 Å². The van der Waals surface area contributed by atoms with Crippen LogP contribution in [0.1, 0.15) is 69.9 Å². The summed E-state index contributed by atoms with van der Waals surface area (Å²) in [7, 11) is 0. The average Bonchev–Trinajstić information content (AvgIpc) is 2.59. The minimum Gasteiger partial charge on any atom is -0.358 e. The normalized spacial score (nSPS) is 16.6. The van der Waals surface area contributed by atoms with Crippen LogP contribution in [-0.4, -0.2) is 36.1 Å². The van der Waals surface area contributed by atoms with Crippen LogP contribution in [0, 0.1) is 21.3 Å². The minimum absolute atomic E-state index is 0. The number of amides is 1. The molecule has 1 heterocycles. The third-order valence-electron chi connectivity index (χ3n) is 5.90. The minimum atomic E-state index is 0. The largest absolute Gasteiger partial charge is 0.358 e. The molecule has 0 saturated carbocycles. The molecule has 0 spiro atoms. The van der Waals surface area contributed by atoms with Crippen LogP contribution in [-0.2, 0) is 37.5 Å². The van der Waals surface area contributed by atoms with Crippen LogP contribution in [0.5, 0.6) is 0 Å². The molecule has 1 unspecified atom stereocenters. The van der Waals surface area contributed by atoms with Crippen LogP contribution >= 0.6 is 0 Å². The van der Waals surface area contributed by atoms with Gasteiger partial charge < -0.3 is 17.2 Å². The molecule has 1 amide bonds. The Kier molecular flexibility index (Phi) is 12.9. The van der Waals surface area contributed by atoms with Crippen molar-refractivity contribution in [2.24, 2.45) is 0 Å². The number of carbonyl (C=O) groups excluding carboxylic acids is 1. The first-order valence-electron chi connectivity index (χ1n) is 10.3. The molecule has 4 heteroatoms. The molecule has 1 fully saturated rings. The summed E-state index contributed by atoms with van der Waals surface area (Å²) >= 11 is 0. The smallest absolute Gasteiger partial charge is 0.282 e. The zero-order valence-corrected chi connectivity index (χ0v) is 21.2. The third kappa shape index (κ3) is 6.94. The van der Waals surface area contributed by atoms with Crippen molar-refractivity contribution in [2.45, 2.75) is 78.7 Å². The standard InChI is InChI=1S/C22H36N2O.CH3.Y/c1-5-7-14-20(24(15-6-2)16-9-8-10-17-24)22(25)23-21-18(3)12-11-13-19(21)4;;/h11-13,20H,5-10,14-17H2,1-4H3;1H3;/q;-1;/p+1. The van der Waals surface area contributed by atoms with Crippen LogP contribution in [0.25, 0.3) is 0 Å². The molecule has 1 saturated heterocycles. The Morgan fingerprint density at radius 3 is 2.19 bits per heavy atom. The molecule has 3 nitrogen and oxygen atoms in total. The first-order valence-corrected chi connectivity index (χ1v) is 10.3. The van der Waals surface area contributed by atoms with Gasteiger partial charge in [0.15, 0.2) is 6.04 Å². The maximum absolute atomic E-state index is 13.4. The number of unbranched alkanes of at least 4 members (excludes halogenated alkanes) is 1. The molecule has 1 aromatic rings. The van der Waals surface area contributed by atoms with Crippen molar-refractivity contribution >= 4 is 11.6 Å². The van der Waals surface area contributed by atoms with Crippen molar-refractivity contribution in [3.05, 3.63) is 36.8 Å². The van der Waals surface area contributed by atoms with Gasteiger partial charge in [-0.25, -0.2) is 0 Å². The topological polar surface area (TPSA) is 29.1 Å². The summed E-state index contributed by atoms with van der Waals surface area (Å²) in [5.41, 5.74) is 3.33. The number of quaternary nitrogens is 1. The van der Waals surface area contributed by atoms with E-state index in [0.29, 0.717) is 0 Å². The first-order chi connectivity index (χ1) is 12.0. The van der Waals surface area contributed by atoms with Gasteiger partial charge in [-0.15, -0.1) is 0 Å². The van der Waals surface area contributed by atoms with Crippen molar-refractivity contribution in [1.82, 2.24) is 0 Å². The Morgan fingerprint density at radius 2 is 1.67 bits per heavy atom. The Morgan fingerprint density at radius 1 is 1.07 bits per heavy atom. The quantitative estimate of drug-likeness (QED) is 0.403.